The van der Waals surface area contributed by atoms with Gasteiger partial charge in [-0.3, -0.25) is 14.4 Å². The van der Waals surface area contributed by atoms with Crippen molar-refractivity contribution >= 4 is 52.5 Å². The number of esters is 1. The van der Waals surface area contributed by atoms with E-state index in [-0.39, 0.29) is 34.9 Å². The summed E-state index contributed by atoms with van der Waals surface area (Å²) in [4.78, 5) is 62.7. The summed E-state index contributed by atoms with van der Waals surface area (Å²) in [5.41, 5.74) is 12.2. The fraction of sp³-hybridized carbons (Fsp3) is 0.0968. The summed E-state index contributed by atoms with van der Waals surface area (Å²) in [6.45, 7) is -0.704. The summed E-state index contributed by atoms with van der Waals surface area (Å²) in [6, 6.07) is 21.8. The molecule has 4 aromatic rings. The van der Waals surface area contributed by atoms with Gasteiger partial charge in [0.1, 0.15) is 12.3 Å². The summed E-state index contributed by atoms with van der Waals surface area (Å²) in [7, 11) is 0. The van der Waals surface area contributed by atoms with Gasteiger partial charge in [-0.05, 0) is 77.0 Å². The molecule has 4 aromatic carbocycles. The normalized spacial score (nSPS) is 10.6. The number of ether oxygens (including phenoxy) is 1. The molecule has 46 heavy (non-hydrogen) atoms. The van der Waals surface area contributed by atoms with Gasteiger partial charge in [0.15, 0.2) is 5.96 Å². The molecule has 15 heteroatoms. The number of aldehydes is 1. The fourth-order valence-corrected chi connectivity index (χ4v) is 4.06. The molecule has 0 fully saturated rings. The SMILES string of the molecule is NC(N)=Nc1ccc(C(=O)Oc2ccc3c(C(=O)N(CC(=O)O)Cc4cccc(C(=O)O)c4)cccc3c2)cc1.O=CC(F)(F)F. The minimum Gasteiger partial charge on any atom is -0.480 e. The molecule has 0 heterocycles. The Labute approximate surface area is 258 Å². The second kappa shape index (κ2) is 15.0. The maximum atomic E-state index is 13.5. The van der Waals surface area contributed by atoms with Gasteiger partial charge in [-0.2, -0.15) is 13.2 Å². The Hall–Kier alpha value is -6.25. The average molecular weight is 639 g/mol. The van der Waals surface area contributed by atoms with Gasteiger partial charge >= 0.3 is 24.1 Å². The molecule has 0 bridgehead atoms. The minimum atomic E-state index is -4.64. The highest BCUT2D eigenvalue weighted by molar-refractivity contribution is 6.08. The third kappa shape index (κ3) is 9.90. The van der Waals surface area contributed by atoms with Crippen LogP contribution in [0.1, 0.15) is 36.6 Å². The lowest BCUT2D eigenvalue weighted by Gasteiger charge is -2.22. The summed E-state index contributed by atoms with van der Waals surface area (Å²) >= 11 is 0. The van der Waals surface area contributed by atoms with Crippen molar-refractivity contribution in [3.63, 3.8) is 0 Å². The number of benzene rings is 4. The van der Waals surface area contributed by atoms with Crippen molar-refractivity contribution in [2.24, 2.45) is 16.5 Å². The van der Waals surface area contributed by atoms with E-state index in [1.165, 1.54) is 36.4 Å². The van der Waals surface area contributed by atoms with Crippen molar-refractivity contribution in [2.45, 2.75) is 12.7 Å². The van der Waals surface area contributed by atoms with Crippen LogP contribution in [0.5, 0.6) is 5.75 Å². The summed E-state index contributed by atoms with van der Waals surface area (Å²) in [5, 5.41) is 19.8. The van der Waals surface area contributed by atoms with Crippen molar-refractivity contribution < 1.29 is 52.1 Å². The zero-order valence-electron chi connectivity index (χ0n) is 23.6. The molecular formula is C31H25F3N4O8. The second-order valence-corrected chi connectivity index (χ2v) is 9.38. The van der Waals surface area contributed by atoms with Crippen LogP contribution in [0.2, 0.25) is 0 Å². The number of hydrogen-bond donors (Lipinski definition) is 4. The van der Waals surface area contributed by atoms with E-state index >= 15 is 0 Å². The van der Waals surface area contributed by atoms with E-state index in [0.717, 1.165) is 4.90 Å². The van der Waals surface area contributed by atoms with Crippen LogP contribution in [0.3, 0.4) is 0 Å². The first-order valence-corrected chi connectivity index (χ1v) is 13.0. The van der Waals surface area contributed by atoms with Gasteiger partial charge < -0.3 is 31.3 Å². The molecular weight excluding hydrogens is 613 g/mol. The minimum absolute atomic E-state index is 0.0252. The van der Waals surface area contributed by atoms with Crippen molar-refractivity contribution in [3.8, 4) is 5.75 Å². The van der Waals surface area contributed by atoms with Gasteiger partial charge in [0.05, 0.1) is 16.8 Å². The fourth-order valence-electron chi connectivity index (χ4n) is 4.06. The van der Waals surface area contributed by atoms with Crippen LogP contribution in [-0.2, 0) is 16.1 Å². The Morgan fingerprint density at radius 2 is 1.52 bits per heavy atom. The zero-order chi connectivity index (χ0) is 34.0. The smallest absolute Gasteiger partial charge is 0.446 e. The molecule has 0 aromatic heterocycles. The van der Waals surface area contributed by atoms with Crippen LogP contribution >= 0.6 is 0 Å². The lowest BCUT2D eigenvalue weighted by atomic mass is 10.0. The van der Waals surface area contributed by atoms with E-state index in [2.05, 4.69) is 4.99 Å². The number of alkyl halides is 3. The summed E-state index contributed by atoms with van der Waals surface area (Å²) in [5.74, 6) is -3.39. The second-order valence-electron chi connectivity index (χ2n) is 9.38. The summed E-state index contributed by atoms with van der Waals surface area (Å²) < 4.78 is 36.7. The van der Waals surface area contributed by atoms with E-state index in [1.54, 1.807) is 48.5 Å². The van der Waals surface area contributed by atoms with Crippen molar-refractivity contribution in [3.05, 3.63) is 107 Å². The Balaban J connectivity index is 0.000000875. The number of aliphatic carboxylic acids is 1. The van der Waals surface area contributed by atoms with Gasteiger partial charge in [0.25, 0.3) is 5.91 Å². The van der Waals surface area contributed by atoms with Gasteiger partial charge in [0, 0.05) is 12.1 Å². The Morgan fingerprint density at radius 1 is 0.870 bits per heavy atom. The number of aliphatic imine (C=N–C) groups is 1. The van der Waals surface area contributed by atoms with Crippen molar-refractivity contribution in [1.82, 2.24) is 4.90 Å². The molecule has 0 aliphatic carbocycles. The number of halogens is 3. The maximum absolute atomic E-state index is 13.5. The van der Waals surface area contributed by atoms with Crippen LogP contribution in [0.25, 0.3) is 10.8 Å². The molecule has 4 rings (SSSR count). The molecule has 6 N–H and O–H groups in total. The third-order valence-corrected chi connectivity index (χ3v) is 5.95. The number of rotatable bonds is 9. The molecule has 238 valence electrons. The van der Waals surface area contributed by atoms with Crippen LogP contribution in [-0.4, -0.2) is 63.9 Å². The zero-order valence-corrected chi connectivity index (χ0v) is 23.6. The van der Waals surface area contributed by atoms with E-state index in [1.807, 2.05) is 0 Å². The highest BCUT2D eigenvalue weighted by Crippen LogP contribution is 2.26. The van der Waals surface area contributed by atoms with E-state index in [9.17, 15) is 42.6 Å². The number of fused-ring (bicyclic) bond motifs is 1. The standard InChI is InChI=1S/C29H24N4O7.C2HF3O/c30-29(31)32-21-9-7-18(8-10-21)28(39)40-22-11-12-23-19(14-22)4-2-6-24(23)26(36)33(16-25(34)35)15-17-3-1-5-20(13-17)27(37)38;3-2(4,5)1-6/h1-14H,15-16H2,(H,34,35)(H,37,38)(H4,30,31,32);1H. The monoisotopic (exact) mass is 638 g/mol. The highest BCUT2D eigenvalue weighted by Gasteiger charge is 2.25. The Morgan fingerprint density at radius 3 is 2.11 bits per heavy atom. The van der Waals surface area contributed by atoms with Crippen molar-refractivity contribution in [1.29, 1.82) is 0 Å². The van der Waals surface area contributed by atoms with Gasteiger partial charge in [0.2, 0.25) is 6.29 Å². The lowest BCUT2D eigenvalue weighted by Crippen LogP contribution is -2.35. The number of aromatic carboxylic acids is 1. The quantitative estimate of drug-likeness (QED) is 0.0678. The molecule has 0 spiro atoms. The van der Waals surface area contributed by atoms with Crippen LogP contribution in [0.15, 0.2) is 89.9 Å². The van der Waals surface area contributed by atoms with E-state index < -0.39 is 42.8 Å². The maximum Gasteiger partial charge on any atom is 0.446 e. The molecule has 0 aliphatic rings. The number of amides is 1. The molecule has 1 amide bonds. The number of carbonyl (C=O) groups excluding carboxylic acids is 3. The number of nitrogens with zero attached hydrogens (tertiary/aromatic N) is 2. The molecule has 0 saturated carbocycles. The van der Waals surface area contributed by atoms with Crippen LogP contribution in [0, 0.1) is 0 Å². The topological polar surface area (TPSA) is 203 Å². The number of guanidine groups is 1. The number of carboxylic acid groups (broad SMARTS) is 2. The number of hydrogen-bond acceptors (Lipinski definition) is 7. The number of carbonyl (C=O) groups is 5. The van der Waals surface area contributed by atoms with Crippen molar-refractivity contribution in [2.75, 3.05) is 6.54 Å². The Kier molecular flexibility index (Phi) is 11.1. The van der Waals surface area contributed by atoms with E-state index in [4.69, 9.17) is 21.0 Å². The molecule has 0 atom stereocenters. The van der Waals surface area contributed by atoms with Crippen LogP contribution in [0.4, 0.5) is 18.9 Å². The molecule has 0 aliphatic heterocycles. The Bertz CT molecular complexity index is 1800. The predicted octanol–water partition coefficient (Wildman–Crippen LogP) is 4.14. The number of carboxylic acids is 2. The highest BCUT2D eigenvalue weighted by atomic mass is 19.4. The van der Waals surface area contributed by atoms with Gasteiger partial charge in [-0.1, -0.05) is 24.3 Å². The largest absolute Gasteiger partial charge is 0.480 e. The third-order valence-electron chi connectivity index (χ3n) is 5.95. The van der Waals surface area contributed by atoms with Gasteiger partial charge in [-0.25, -0.2) is 14.6 Å². The van der Waals surface area contributed by atoms with Crippen LogP contribution < -0.4 is 16.2 Å². The first-order valence-electron chi connectivity index (χ1n) is 13.0. The molecule has 0 unspecified atom stereocenters. The molecule has 0 radical (unpaired) electrons. The number of nitrogens with two attached hydrogens (primary N) is 2. The van der Waals surface area contributed by atoms with Gasteiger partial charge in [-0.15, -0.1) is 0 Å². The molecule has 12 nitrogen and oxygen atoms in total. The first kappa shape index (κ1) is 34.2. The molecule has 0 saturated heterocycles. The summed E-state index contributed by atoms with van der Waals surface area (Å²) in [6.07, 6.45) is -5.70. The van der Waals surface area contributed by atoms with E-state index in [0.29, 0.717) is 22.0 Å². The average Bonchev–Trinajstić information content (AvgIpc) is 3.00. The predicted molar refractivity (Wildman–Crippen MR) is 159 cm³/mol. The lowest BCUT2D eigenvalue weighted by molar-refractivity contribution is -0.156. The first-order chi connectivity index (χ1) is 21.7.